The second-order valence-electron chi connectivity index (χ2n) is 5.24. The molecule has 0 aliphatic carbocycles. The molecule has 1 N–H and O–H groups in total. The van der Waals surface area contributed by atoms with Gasteiger partial charge in [0.1, 0.15) is 0 Å². The molecule has 0 saturated carbocycles. The smallest absolute Gasteiger partial charge is 0.230 e. The molecule has 3 nitrogen and oxygen atoms in total. The van der Waals surface area contributed by atoms with Crippen molar-refractivity contribution in [2.24, 2.45) is 0 Å². The lowest BCUT2D eigenvalue weighted by Gasteiger charge is -2.06. The molecule has 1 aromatic carbocycles. The Balaban J connectivity index is 1.83. The quantitative estimate of drug-likeness (QED) is 0.772. The van der Waals surface area contributed by atoms with E-state index < -0.39 is 0 Å². The Morgan fingerprint density at radius 2 is 2.00 bits per heavy atom. The van der Waals surface area contributed by atoms with Crippen molar-refractivity contribution in [1.29, 1.82) is 0 Å². The predicted molar refractivity (Wildman–Crippen MR) is 88.9 cm³/mol. The van der Waals surface area contributed by atoms with Crippen LogP contribution in [0, 0.1) is 6.92 Å². The number of rotatable bonds is 7. The third-order valence-corrected chi connectivity index (χ3v) is 4.14. The van der Waals surface area contributed by atoms with Crippen LogP contribution in [0.25, 0.3) is 0 Å². The van der Waals surface area contributed by atoms with Crippen LogP contribution in [0.2, 0.25) is 0 Å². The number of aryl methyl sites for hydroxylation is 2. The number of hydrogen-bond acceptors (Lipinski definition) is 3. The highest BCUT2D eigenvalue weighted by molar-refractivity contribution is 7.09. The first kappa shape index (κ1) is 15.7. The number of thiazole rings is 1. The average molecular weight is 302 g/mol. The molecule has 2 aromatic rings. The van der Waals surface area contributed by atoms with Crippen LogP contribution >= 0.6 is 11.3 Å². The fourth-order valence-corrected chi connectivity index (χ4v) is 2.81. The molecule has 0 aliphatic heterocycles. The van der Waals surface area contributed by atoms with Gasteiger partial charge in [-0.2, -0.15) is 0 Å². The number of nitrogens with one attached hydrogen (secondary N) is 1. The number of nitrogens with zero attached hydrogens (tertiary/aromatic N) is 1. The maximum atomic E-state index is 11.9. The second kappa shape index (κ2) is 7.93. The highest BCUT2D eigenvalue weighted by atomic mass is 32.1. The molecule has 0 saturated heterocycles. The molecule has 0 atom stereocenters. The molecule has 1 aromatic heterocycles. The van der Waals surface area contributed by atoms with Gasteiger partial charge in [0.15, 0.2) is 0 Å². The summed E-state index contributed by atoms with van der Waals surface area (Å²) >= 11 is 1.57. The standard InChI is InChI=1S/C17H22N2OS/c1-3-4-5-6-14-7-9-15(10-8-14)19-17(20)11-16-12-21-13(2)18-16/h7-10,12H,3-6,11H2,1-2H3,(H,19,20). The number of anilines is 1. The van der Waals surface area contributed by atoms with Crippen LogP contribution in [0.4, 0.5) is 5.69 Å². The highest BCUT2D eigenvalue weighted by Gasteiger charge is 2.06. The van der Waals surface area contributed by atoms with Crippen LogP contribution in [0.15, 0.2) is 29.6 Å². The van der Waals surface area contributed by atoms with Gasteiger partial charge in [-0.1, -0.05) is 31.9 Å². The zero-order chi connectivity index (χ0) is 15.1. The van der Waals surface area contributed by atoms with E-state index in [4.69, 9.17) is 0 Å². The number of carbonyl (C=O) groups excluding carboxylic acids is 1. The van der Waals surface area contributed by atoms with Gasteiger partial charge >= 0.3 is 0 Å². The van der Waals surface area contributed by atoms with Crippen LogP contribution in [-0.2, 0) is 17.6 Å². The van der Waals surface area contributed by atoms with Gasteiger partial charge in [0.05, 0.1) is 17.1 Å². The van der Waals surface area contributed by atoms with Gasteiger partial charge in [0, 0.05) is 11.1 Å². The molecular weight excluding hydrogens is 280 g/mol. The minimum atomic E-state index is -0.0148. The summed E-state index contributed by atoms with van der Waals surface area (Å²) in [5.74, 6) is -0.0148. The van der Waals surface area contributed by atoms with Crippen LogP contribution < -0.4 is 5.32 Å². The third-order valence-electron chi connectivity index (χ3n) is 3.31. The molecule has 0 aliphatic rings. The molecule has 0 unspecified atom stereocenters. The lowest BCUT2D eigenvalue weighted by atomic mass is 10.1. The van der Waals surface area contributed by atoms with Gasteiger partial charge in [-0.25, -0.2) is 4.98 Å². The Kier molecular flexibility index (Phi) is 5.93. The average Bonchev–Trinajstić information content (AvgIpc) is 2.86. The zero-order valence-corrected chi connectivity index (χ0v) is 13.5. The van der Waals surface area contributed by atoms with Crippen LogP contribution in [0.5, 0.6) is 0 Å². The van der Waals surface area contributed by atoms with Crippen molar-refractivity contribution in [2.45, 2.75) is 46.0 Å². The van der Waals surface area contributed by atoms with Crippen molar-refractivity contribution < 1.29 is 4.79 Å². The summed E-state index contributed by atoms with van der Waals surface area (Å²) in [5.41, 5.74) is 3.02. The molecule has 0 radical (unpaired) electrons. The number of hydrogen-bond donors (Lipinski definition) is 1. The van der Waals surface area contributed by atoms with Gasteiger partial charge in [0.2, 0.25) is 5.91 Å². The SMILES string of the molecule is CCCCCc1ccc(NC(=O)Cc2csc(C)n2)cc1. The largest absolute Gasteiger partial charge is 0.326 e. The molecule has 112 valence electrons. The molecule has 21 heavy (non-hydrogen) atoms. The van der Waals surface area contributed by atoms with E-state index in [1.165, 1.54) is 24.8 Å². The van der Waals surface area contributed by atoms with E-state index in [1.807, 2.05) is 24.4 Å². The van der Waals surface area contributed by atoms with Gasteiger partial charge in [-0.05, 0) is 37.5 Å². The molecule has 2 rings (SSSR count). The molecule has 4 heteroatoms. The van der Waals surface area contributed by atoms with E-state index in [-0.39, 0.29) is 5.91 Å². The van der Waals surface area contributed by atoms with Crippen molar-refractivity contribution in [1.82, 2.24) is 4.98 Å². The van der Waals surface area contributed by atoms with Crippen LogP contribution in [0.3, 0.4) is 0 Å². The number of carbonyl (C=O) groups is 1. The Morgan fingerprint density at radius 1 is 1.24 bits per heavy atom. The van der Waals surface area contributed by atoms with E-state index in [0.717, 1.165) is 22.8 Å². The first-order valence-electron chi connectivity index (χ1n) is 7.47. The molecule has 1 heterocycles. The Labute approximate surface area is 130 Å². The summed E-state index contributed by atoms with van der Waals surface area (Å²) in [6, 6.07) is 8.15. The summed E-state index contributed by atoms with van der Waals surface area (Å²) in [6.07, 6.45) is 5.18. The van der Waals surface area contributed by atoms with Crippen molar-refractivity contribution in [3.05, 3.63) is 45.9 Å². The van der Waals surface area contributed by atoms with Crippen LogP contribution in [-0.4, -0.2) is 10.9 Å². The predicted octanol–water partition coefficient (Wildman–Crippen LogP) is 4.37. The Hall–Kier alpha value is -1.68. The van der Waals surface area contributed by atoms with Crippen molar-refractivity contribution >= 4 is 22.9 Å². The lowest BCUT2D eigenvalue weighted by molar-refractivity contribution is -0.115. The summed E-state index contributed by atoms with van der Waals surface area (Å²) in [5, 5.41) is 5.85. The molecule has 0 spiro atoms. The summed E-state index contributed by atoms with van der Waals surface area (Å²) in [7, 11) is 0. The van der Waals surface area contributed by atoms with Crippen LogP contribution in [0.1, 0.15) is 42.5 Å². The maximum absolute atomic E-state index is 11.9. The Bertz CT molecular complexity index is 575. The maximum Gasteiger partial charge on any atom is 0.230 e. The first-order valence-corrected chi connectivity index (χ1v) is 8.35. The fourth-order valence-electron chi connectivity index (χ4n) is 2.19. The number of amides is 1. The monoisotopic (exact) mass is 302 g/mol. The van der Waals surface area contributed by atoms with Crippen molar-refractivity contribution in [3.8, 4) is 0 Å². The van der Waals surface area contributed by atoms with E-state index in [2.05, 4.69) is 29.4 Å². The second-order valence-corrected chi connectivity index (χ2v) is 6.30. The van der Waals surface area contributed by atoms with E-state index >= 15 is 0 Å². The van der Waals surface area contributed by atoms with Gasteiger partial charge < -0.3 is 5.32 Å². The normalized spacial score (nSPS) is 10.6. The molecule has 0 bridgehead atoms. The minimum absolute atomic E-state index is 0.0148. The van der Waals surface area contributed by atoms with Gasteiger partial charge in [-0.3, -0.25) is 4.79 Å². The van der Waals surface area contributed by atoms with Gasteiger partial charge in [-0.15, -0.1) is 11.3 Å². The minimum Gasteiger partial charge on any atom is -0.326 e. The number of unbranched alkanes of at least 4 members (excludes halogenated alkanes) is 2. The lowest BCUT2D eigenvalue weighted by Crippen LogP contribution is -2.14. The fraction of sp³-hybridized carbons (Fsp3) is 0.412. The van der Waals surface area contributed by atoms with Crippen molar-refractivity contribution in [3.63, 3.8) is 0 Å². The van der Waals surface area contributed by atoms with Gasteiger partial charge in [0.25, 0.3) is 0 Å². The molecule has 0 fully saturated rings. The topological polar surface area (TPSA) is 42.0 Å². The van der Waals surface area contributed by atoms with E-state index in [9.17, 15) is 4.79 Å². The summed E-state index contributed by atoms with van der Waals surface area (Å²) in [6.45, 7) is 4.16. The van der Waals surface area contributed by atoms with E-state index in [1.54, 1.807) is 11.3 Å². The summed E-state index contributed by atoms with van der Waals surface area (Å²) < 4.78 is 0. The molecular formula is C17H22N2OS. The molecule has 1 amide bonds. The van der Waals surface area contributed by atoms with Crippen molar-refractivity contribution in [2.75, 3.05) is 5.32 Å². The number of benzene rings is 1. The zero-order valence-electron chi connectivity index (χ0n) is 12.7. The van der Waals surface area contributed by atoms with E-state index in [0.29, 0.717) is 6.42 Å². The first-order chi connectivity index (χ1) is 10.2. The Morgan fingerprint density at radius 3 is 2.62 bits per heavy atom. The third kappa shape index (κ3) is 5.31. The highest BCUT2D eigenvalue weighted by Crippen LogP contribution is 2.13. The summed E-state index contributed by atoms with van der Waals surface area (Å²) in [4.78, 5) is 16.2. The number of aromatic nitrogens is 1.